The second-order valence-corrected chi connectivity index (χ2v) is 3.68. The van der Waals surface area contributed by atoms with Crippen molar-refractivity contribution in [2.45, 2.75) is 12.4 Å². The number of para-hydroxylation sites is 1. The Hall–Kier alpha value is -2.26. The summed E-state index contributed by atoms with van der Waals surface area (Å²) in [7, 11) is 0. The first-order valence-electron chi connectivity index (χ1n) is 5.23. The first kappa shape index (κ1) is 16.8. The molecule has 0 radical (unpaired) electrons. The van der Waals surface area contributed by atoms with Crippen LogP contribution < -0.4 is 10.1 Å². The van der Waals surface area contributed by atoms with Crippen LogP contribution in [0.1, 0.15) is 10.4 Å². The lowest BCUT2D eigenvalue weighted by Crippen LogP contribution is -2.34. The third kappa shape index (κ3) is 5.32. The lowest BCUT2D eigenvalue weighted by Gasteiger charge is -2.12. The molecule has 0 aliphatic heterocycles. The number of nitrogens with one attached hydrogen (secondary N) is 1. The second-order valence-electron chi connectivity index (χ2n) is 3.68. The average molecular weight is 315 g/mol. The highest BCUT2D eigenvalue weighted by atomic mass is 19.4. The number of amides is 1. The summed E-state index contributed by atoms with van der Waals surface area (Å²) in [6, 6.07) is 4.11. The third-order valence-corrected chi connectivity index (χ3v) is 2.02. The Kier molecular flexibility index (Phi) is 4.81. The van der Waals surface area contributed by atoms with Gasteiger partial charge in [0.2, 0.25) is 0 Å². The van der Waals surface area contributed by atoms with Crippen LogP contribution in [0.5, 0.6) is 5.75 Å². The molecule has 0 aromatic heterocycles. The molecule has 0 saturated heterocycles. The molecule has 1 aromatic rings. The molecule has 0 heterocycles. The molecule has 0 spiro atoms. The summed E-state index contributed by atoms with van der Waals surface area (Å²) in [6.45, 7) is -1.67. The Bertz CT molecular complexity index is 537. The van der Waals surface area contributed by atoms with Crippen LogP contribution in [0.2, 0.25) is 0 Å². The van der Waals surface area contributed by atoms with Crippen molar-refractivity contribution in [3.8, 4) is 5.75 Å². The number of halogens is 6. The van der Waals surface area contributed by atoms with Gasteiger partial charge >= 0.3 is 18.3 Å². The van der Waals surface area contributed by atoms with Crippen LogP contribution in [0.15, 0.2) is 24.3 Å². The normalized spacial score (nSPS) is 11.9. The lowest BCUT2D eigenvalue weighted by molar-refractivity contribution is -0.189. The number of benzene rings is 1. The fourth-order valence-corrected chi connectivity index (χ4v) is 1.18. The molecular weight excluding hydrogens is 308 g/mol. The minimum atomic E-state index is -5.30. The van der Waals surface area contributed by atoms with E-state index in [9.17, 15) is 35.9 Å². The molecule has 1 aromatic carbocycles. The number of carbonyl (C=O) groups is 2. The van der Waals surface area contributed by atoms with Gasteiger partial charge in [0.1, 0.15) is 12.3 Å². The number of hydrogen-bond acceptors (Lipinski definition) is 3. The Labute approximate surface area is 113 Å². The smallest absolute Gasteiger partial charge is 0.419 e. The van der Waals surface area contributed by atoms with Gasteiger partial charge in [-0.1, -0.05) is 12.1 Å². The van der Waals surface area contributed by atoms with Gasteiger partial charge in [0.15, 0.2) is 0 Å². The van der Waals surface area contributed by atoms with Gasteiger partial charge in [-0.2, -0.15) is 26.3 Å². The largest absolute Gasteiger partial charge is 0.491 e. The Balaban J connectivity index is 2.89. The number of ether oxygens (including phenoxy) is 1. The summed E-state index contributed by atoms with van der Waals surface area (Å²) in [5.74, 6) is -4.70. The van der Waals surface area contributed by atoms with E-state index in [1.807, 2.05) is 0 Å². The topological polar surface area (TPSA) is 55.4 Å². The molecule has 1 amide bonds. The Morgan fingerprint density at radius 1 is 1.05 bits per heavy atom. The molecule has 0 aliphatic carbocycles. The number of carbonyl (C=O) groups excluding carboxylic acids is 2. The van der Waals surface area contributed by atoms with Crippen molar-refractivity contribution < 1.29 is 40.7 Å². The molecule has 0 saturated carbocycles. The molecular formula is C11H7F6NO3. The monoisotopic (exact) mass is 315 g/mol. The van der Waals surface area contributed by atoms with E-state index in [0.29, 0.717) is 0 Å². The quantitative estimate of drug-likeness (QED) is 0.529. The third-order valence-electron chi connectivity index (χ3n) is 2.02. The molecule has 0 atom stereocenters. The van der Waals surface area contributed by atoms with E-state index in [4.69, 9.17) is 0 Å². The second kappa shape index (κ2) is 6.02. The van der Waals surface area contributed by atoms with Gasteiger partial charge in [-0.3, -0.25) is 4.79 Å². The molecule has 21 heavy (non-hydrogen) atoms. The van der Waals surface area contributed by atoms with E-state index >= 15 is 0 Å². The fourth-order valence-electron chi connectivity index (χ4n) is 1.18. The van der Waals surface area contributed by atoms with Crippen LogP contribution in [-0.4, -0.2) is 30.8 Å². The van der Waals surface area contributed by atoms with Crippen molar-refractivity contribution in [3.05, 3.63) is 29.8 Å². The fraction of sp³-hybridized carbons (Fsp3) is 0.273. The standard InChI is InChI=1S/C11H7F6NO3/c12-10(13,14)5-18-8(19)6-3-1-2-4-7(6)21-9(20)11(15,16)17/h1-4H,5H2,(H,18,19). The van der Waals surface area contributed by atoms with Crippen LogP contribution in [0.4, 0.5) is 26.3 Å². The van der Waals surface area contributed by atoms with E-state index in [2.05, 4.69) is 4.74 Å². The van der Waals surface area contributed by atoms with Crippen molar-refractivity contribution in [2.24, 2.45) is 0 Å². The average Bonchev–Trinajstić information content (AvgIpc) is 2.34. The zero-order chi connectivity index (χ0) is 16.3. The highest BCUT2D eigenvalue weighted by Gasteiger charge is 2.42. The van der Waals surface area contributed by atoms with Gasteiger partial charge < -0.3 is 10.1 Å². The maximum Gasteiger partial charge on any atom is 0.491 e. The van der Waals surface area contributed by atoms with Crippen LogP contribution in [0, 0.1) is 0 Å². The molecule has 0 fully saturated rings. The molecule has 1 rings (SSSR count). The van der Waals surface area contributed by atoms with Gasteiger partial charge in [-0.25, -0.2) is 4.79 Å². The molecule has 116 valence electrons. The van der Waals surface area contributed by atoms with Gasteiger partial charge in [0.05, 0.1) is 5.56 Å². The zero-order valence-corrected chi connectivity index (χ0v) is 10.0. The molecule has 4 nitrogen and oxygen atoms in total. The molecule has 0 unspecified atom stereocenters. The van der Waals surface area contributed by atoms with Crippen molar-refractivity contribution in [1.29, 1.82) is 0 Å². The summed E-state index contributed by atoms with van der Waals surface area (Å²) in [6.07, 6.45) is -9.98. The summed E-state index contributed by atoms with van der Waals surface area (Å²) >= 11 is 0. The minimum absolute atomic E-state index is 0.626. The van der Waals surface area contributed by atoms with Gasteiger partial charge in [0, 0.05) is 0 Å². The van der Waals surface area contributed by atoms with Crippen molar-refractivity contribution in [3.63, 3.8) is 0 Å². The lowest BCUT2D eigenvalue weighted by atomic mass is 10.2. The Morgan fingerprint density at radius 3 is 2.14 bits per heavy atom. The summed E-state index contributed by atoms with van der Waals surface area (Å²) in [5.41, 5.74) is -0.626. The van der Waals surface area contributed by atoms with Gasteiger partial charge in [-0.05, 0) is 12.1 Å². The van der Waals surface area contributed by atoms with Crippen LogP contribution in [-0.2, 0) is 4.79 Å². The minimum Gasteiger partial charge on any atom is -0.419 e. The van der Waals surface area contributed by atoms with E-state index in [-0.39, 0.29) is 0 Å². The van der Waals surface area contributed by atoms with E-state index in [0.717, 1.165) is 18.2 Å². The van der Waals surface area contributed by atoms with Gasteiger partial charge in [0.25, 0.3) is 5.91 Å². The Morgan fingerprint density at radius 2 is 1.62 bits per heavy atom. The van der Waals surface area contributed by atoms with E-state index in [1.54, 1.807) is 0 Å². The van der Waals surface area contributed by atoms with Crippen molar-refractivity contribution in [2.75, 3.05) is 6.54 Å². The van der Waals surface area contributed by atoms with Crippen LogP contribution >= 0.6 is 0 Å². The van der Waals surface area contributed by atoms with Crippen LogP contribution in [0.3, 0.4) is 0 Å². The van der Waals surface area contributed by atoms with Crippen molar-refractivity contribution in [1.82, 2.24) is 5.32 Å². The predicted molar refractivity (Wildman–Crippen MR) is 56.5 cm³/mol. The first-order valence-corrected chi connectivity index (χ1v) is 5.23. The molecule has 1 N–H and O–H groups in total. The maximum absolute atomic E-state index is 12.0. The van der Waals surface area contributed by atoms with Crippen molar-refractivity contribution >= 4 is 11.9 Å². The number of alkyl halides is 6. The maximum atomic E-state index is 12.0. The van der Waals surface area contributed by atoms with Crippen LogP contribution in [0.25, 0.3) is 0 Å². The predicted octanol–water partition coefficient (Wildman–Crippen LogP) is 2.45. The summed E-state index contributed by atoms with van der Waals surface area (Å²) in [5, 5.41) is 1.45. The first-order chi connectivity index (χ1) is 9.50. The molecule has 0 aliphatic rings. The van der Waals surface area contributed by atoms with E-state index in [1.165, 1.54) is 11.4 Å². The van der Waals surface area contributed by atoms with Gasteiger partial charge in [-0.15, -0.1) is 0 Å². The number of hydrogen-bond donors (Lipinski definition) is 1. The number of esters is 1. The number of rotatable bonds is 3. The molecule has 10 heteroatoms. The highest BCUT2D eigenvalue weighted by Crippen LogP contribution is 2.23. The zero-order valence-electron chi connectivity index (χ0n) is 10.0. The SMILES string of the molecule is O=C(NCC(F)(F)F)c1ccccc1OC(=O)C(F)(F)F. The molecule has 0 bridgehead atoms. The summed E-state index contributed by atoms with van der Waals surface area (Å²) < 4.78 is 76.0. The highest BCUT2D eigenvalue weighted by molar-refractivity contribution is 5.97. The summed E-state index contributed by atoms with van der Waals surface area (Å²) in [4.78, 5) is 22.1. The van der Waals surface area contributed by atoms with E-state index < -0.39 is 42.1 Å².